The molecule has 1 aliphatic rings. The number of hydrogen-bond acceptors (Lipinski definition) is 5. The highest BCUT2D eigenvalue weighted by Gasteiger charge is 2.18. The first-order valence-corrected chi connectivity index (χ1v) is 10.1. The van der Waals surface area contributed by atoms with Crippen molar-refractivity contribution in [2.45, 2.75) is 44.9 Å². The maximum Gasteiger partial charge on any atom is 0.226 e. The second-order valence-corrected chi connectivity index (χ2v) is 7.68. The molecule has 0 radical (unpaired) electrons. The number of aromatic nitrogens is 1. The number of rotatable bonds is 7. The highest BCUT2D eigenvalue weighted by atomic mass is 32.1. The van der Waals surface area contributed by atoms with Crippen molar-refractivity contribution >= 4 is 28.2 Å². The van der Waals surface area contributed by atoms with Gasteiger partial charge in [0.1, 0.15) is 0 Å². The molecule has 1 amide bonds. The lowest BCUT2D eigenvalue weighted by Gasteiger charge is -2.20. The van der Waals surface area contributed by atoms with E-state index in [1.807, 2.05) is 30.5 Å². The van der Waals surface area contributed by atoms with Crippen molar-refractivity contribution in [2.75, 3.05) is 18.4 Å². The first-order chi connectivity index (χ1) is 12.7. The van der Waals surface area contributed by atoms with Crippen LogP contribution in [-0.2, 0) is 11.2 Å². The van der Waals surface area contributed by atoms with E-state index in [0.29, 0.717) is 16.6 Å². The summed E-state index contributed by atoms with van der Waals surface area (Å²) in [5.74, 6) is 0.374. The first kappa shape index (κ1) is 18.7. The van der Waals surface area contributed by atoms with Crippen LogP contribution in [0.5, 0.6) is 0 Å². The number of ketones is 1. The molecule has 1 aromatic carbocycles. The van der Waals surface area contributed by atoms with Gasteiger partial charge in [-0.3, -0.25) is 9.59 Å². The number of piperidine rings is 1. The van der Waals surface area contributed by atoms with Crippen LogP contribution in [0.15, 0.2) is 30.5 Å². The fourth-order valence-electron chi connectivity index (χ4n) is 3.12. The summed E-state index contributed by atoms with van der Waals surface area (Å²) in [5, 5.41) is 6.81. The molecule has 0 atom stereocenters. The fraction of sp³-hybridized carbons (Fsp3) is 0.450. The molecule has 1 aliphatic heterocycles. The van der Waals surface area contributed by atoms with E-state index in [1.165, 1.54) is 10.4 Å². The van der Waals surface area contributed by atoms with Gasteiger partial charge in [0.25, 0.3) is 0 Å². The minimum absolute atomic E-state index is 0.00247. The van der Waals surface area contributed by atoms with E-state index < -0.39 is 0 Å². The average Bonchev–Trinajstić information content (AvgIpc) is 3.15. The van der Waals surface area contributed by atoms with E-state index in [0.717, 1.165) is 32.4 Å². The normalized spacial score (nSPS) is 15.0. The van der Waals surface area contributed by atoms with Crippen LogP contribution in [0.3, 0.4) is 0 Å². The van der Waals surface area contributed by atoms with Gasteiger partial charge in [-0.05, 0) is 43.8 Å². The van der Waals surface area contributed by atoms with Gasteiger partial charge in [0.2, 0.25) is 5.91 Å². The lowest BCUT2D eigenvalue weighted by molar-refractivity contribution is -0.116. The van der Waals surface area contributed by atoms with Gasteiger partial charge in [-0.2, -0.15) is 0 Å². The van der Waals surface area contributed by atoms with E-state index in [-0.39, 0.29) is 24.5 Å². The molecule has 2 heterocycles. The summed E-state index contributed by atoms with van der Waals surface area (Å²) in [6, 6.07) is 7.60. The van der Waals surface area contributed by atoms with Gasteiger partial charge in [-0.25, -0.2) is 4.98 Å². The number of carbonyl (C=O) groups excluding carboxylic acids is 2. The Balaban J connectivity index is 1.47. The van der Waals surface area contributed by atoms with Crippen LogP contribution >= 0.6 is 11.3 Å². The predicted molar refractivity (Wildman–Crippen MR) is 105 cm³/mol. The Morgan fingerprint density at radius 3 is 2.62 bits per heavy atom. The molecule has 5 nitrogen and oxygen atoms in total. The second kappa shape index (κ2) is 9.05. The van der Waals surface area contributed by atoms with Crippen LogP contribution in [0, 0.1) is 0 Å². The molecule has 3 rings (SSSR count). The van der Waals surface area contributed by atoms with E-state index in [4.69, 9.17) is 0 Å². The third-order valence-corrected chi connectivity index (χ3v) is 5.85. The molecule has 0 aliphatic carbocycles. The highest BCUT2D eigenvalue weighted by molar-refractivity contribution is 7.15. The molecule has 6 heteroatoms. The molecule has 2 aromatic rings. The van der Waals surface area contributed by atoms with Crippen LogP contribution in [0.2, 0.25) is 0 Å². The quantitative estimate of drug-likeness (QED) is 0.727. The molecule has 1 aromatic heterocycles. The fourth-order valence-corrected chi connectivity index (χ4v) is 4.12. The largest absolute Gasteiger partial charge is 0.317 e. The van der Waals surface area contributed by atoms with Crippen molar-refractivity contribution in [3.63, 3.8) is 0 Å². The molecular weight excluding hydrogens is 346 g/mol. The molecule has 1 saturated heterocycles. The van der Waals surface area contributed by atoms with Gasteiger partial charge < -0.3 is 10.6 Å². The van der Waals surface area contributed by atoms with Crippen LogP contribution in [0.1, 0.15) is 59.3 Å². The Morgan fingerprint density at radius 1 is 1.19 bits per heavy atom. The zero-order chi connectivity index (χ0) is 18.4. The summed E-state index contributed by atoms with van der Waals surface area (Å²) >= 11 is 1.55. The smallest absolute Gasteiger partial charge is 0.226 e. The molecule has 1 fully saturated rings. The summed E-state index contributed by atoms with van der Waals surface area (Å²) < 4.78 is 0. The minimum Gasteiger partial charge on any atom is -0.317 e. The number of Topliss-reactive ketones (excluding diaryl/α,β-unsaturated/α-hetero) is 1. The number of carbonyl (C=O) groups is 2. The third kappa shape index (κ3) is 4.99. The molecule has 0 bridgehead atoms. The molecule has 26 heavy (non-hydrogen) atoms. The predicted octanol–water partition coefficient (Wildman–Crippen LogP) is 3.77. The molecular formula is C20H25N3O2S. The second-order valence-electron chi connectivity index (χ2n) is 6.61. The Bertz CT molecular complexity index is 749. The standard InChI is InChI=1S/C20H25N3O2S/c1-2-14-3-5-15(6-4-14)17(24)7-8-19(25)23-20-22-13-18(26-20)16-9-11-21-12-10-16/h3-6,13,16,21H,2,7-12H2,1H3,(H,22,23,25). The molecule has 2 N–H and O–H groups in total. The van der Waals surface area contributed by atoms with E-state index >= 15 is 0 Å². The number of nitrogens with one attached hydrogen (secondary N) is 2. The van der Waals surface area contributed by atoms with Crippen molar-refractivity contribution in [3.8, 4) is 0 Å². The maximum atomic E-state index is 12.2. The Kier molecular flexibility index (Phi) is 6.52. The van der Waals surface area contributed by atoms with Crippen molar-refractivity contribution in [2.24, 2.45) is 0 Å². The number of benzene rings is 1. The summed E-state index contributed by atoms with van der Waals surface area (Å²) in [6.07, 6.45) is 5.43. The van der Waals surface area contributed by atoms with E-state index in [1.54, 1.807) is 11.3 Å². The van der Waals surface area contributed by atoms with Crippen LogP contribution in [0.4, 0.5) is 5.13 Å². The lowest BCUT2D eigenvalue weighted by atomic mass is 9.97. The van der Waals surface area contributed by atoms with Gasteiger partial charge in [0, 0.05) is 29.5 Å². The van der Waals surface area contributed by atoms with E-state index in [9.17, 15) is 9.59 Å². The van der Waals surface area contributed by atoms with Crippen LogP contribution in [0.25, 0.3) is 0 Å². The number of aryl methyl sites for hydroxylation is 1. The molecule has 0 saturated carbocycles. The zero-order valence-electron chi connectivity index (χ0n) is 15.1. The Labute approximate surface area is 158 Å². The number of anilines is 1. The summed E-state index contributed by atoms with van der Waals surface area (Å²) in [6.45, 7) is 4.15. The monoisotopic (exact) mass is 371 g/mol. The van der Waals surface area contributed by atoms with Gasteiger partial charge in [0.15, 0.2) is 10.9 Å². The lowest BCUT2D eigenvalue weighted by Crippen LogP contribution is -2.26. The molecule has 0 spiro atoms. The number of nitrogens with zero attached hydrogens (tertiary/aromatic N) is 1. The minimum atomic E-state index is -0.158. The topological polar surface area (TPSA) is 71.1 Å². The number of amides is 1. The van der Waals surface area contributed by atoms with Gasteiger partial charge >= 0.3 is 0 Å². The summed E-state index contributed by atoms with van der Waals surface area (Å²) in [5.41, 5.74) is 1.87. The highest BCUT2D eigenvalue weighted by Crippen LogP contribution is 2.31. The summed E-state index contributed by atoms with van der Waals surface area (Å²) in [4.78, 5) is 29.9. The SMILES string of the molecule is CCc1ccc(C(=O)CCC(=O)Nc2ncc(C3CCNCC3)s2)cc1. The van der Waals surface area contributed by atoms with Crippen molar-refractivity contribution in [3.05, 3.63) is 46.5 Å². The van der Waals surface area contributed by atoms with Gasteiger partial charge in [0.05, 0.1) is 0 Å². The van der Waals surface area contributed by atoms with Crippen molar-refractivity contribution < 1.29 is 9.59 Å². The Hall–Kier alpha value is -2.05. The molecule has 138 valence electrons. The molecule has 0 unspecified atom stereocenters. The van der Waals surface area contributed by atoms with Crippen LogP contribution in [-0.4, -0.2) is 29.8 Å². The zero-order valence-corrected chi connectivity index (χ0v) is 15.9. The van der Waals surface area contributed by atoms with Crippen molar-refractivity contribution in [1.29, 1.82) is 0 Å². The number of thiazole rings is 1. The van der Waals surface area contributed by atoms with Crippen molar-refractivity contribution in [1.82, 2.24) is 10.3 Å². The first-order valence-electron chi connectivity index (χ1n) is 9.24. The van der Waals surface area contributed by atoms with Gasteiger partial charge in [-0.15, -0.1) is 11.3 Å². The summed E-state index contributed by atoms with van der Waals surface area (Å²) in [7, 11) is 0. The number of hydrogen-bond donors (Lipinski definition) is 2. The average molecular weight is 372 g/mol. The van der Waals surface area contributed by atoms with Gasteiger partial charge in [-0.1, -0.05) is 31.2 Å². The maximum absolute atomic E-state index is 12.2. The third-order valence-electron chi connectivity index (χ3n) is 4.77. The Morgan fingerprint density at radius 2 is 1.92 bits per heavy atom. The van der Waals surface area contributed by atoms with Crippen LogP contribution < -0.4 is 10.6 Å². The van der Waals surface area contributed by atoms with E-state index in [2.05, 4.69) is 22.5 Å².